The standard InChI is InChI=1S/C14H22N2O2S/c1-11-4-2-7-16(11)13(17)12-8-19-10-15(12)9-14(18)5-3-6-14/h8,11,18H,2-7,9-10H2,1H3. The number of thioether (sulfide) groups is 1. The Labute approximate surface area is 118 Å². The van der Waals surface area contributed by atoms with Gasteiger partial charge in [-0.25, -0.2) is 0 Å². The van der Waals surface area contributed by atoms with Crippen molar-refractivity contribution >= 4 is 17.7 Å². The molecule has 5 heteroatoms. The molecule has 4 nitrogen and oxygen atoms in total. The minimum Gasteiger partial charge on any atom is -0.388 e. The van der Waals surface area contributed by atoms with Crippen LogP contribution in [-0.4, -0.2) is 51.4 Å². The molecule has 1 saturated carbocycles. The second kappa shape index (κ2) is 5.02. The lowest BCUT2D eigenvalue weighted by molar-refractivity contribution is -0.129. The molecule has 19 heavy (non-hydrogen) atoms. The van der Waals surface area contributed by atoms with Gasteiger partial charge < -0.3 is 14.9 Å². The number of carbonyl (C=O) groups excluding carboxylic acids is 1. The molecule has 0 radical (unpaired) electrons. The van der Waals surface area contributed by atoms with Gasteiger partial charge in [-0.3, -0.25) is 4.79 Å². The zero-order valence-corrected chi connectivity index (χ0v) is 12.3. The molecule has 0 aromatic rings. The minimum atomic E-state index is -0.555. The molecule has 1 saturated heterocycles. The topological polar surface area (TPSA) is 43.8 Å². The van der Waals surface area contributed by atoms with E-state index in [1.54, 1.807) is 11.8 Å². The largest absolute Gasteiger partial charge is 0.388 e. The molecular formula is C14H22N2O2S. The van der Waals surface area contributed by atoms with Crippen LogP contribution in [0.2, 0.25) is 0 Å². The summed E-state index contributed by atoms with van der Waals surface area (Å²) >= 11 is 1.66. The van der Waals surface area contributed by atoms with Gasteiger partial charge in [0.1, 0.15) is 5.70 Å². The Morgan fingerprint density at radius 2 is 2.32 bits per heavy atom. The van der Waals surface area contributed by atoms with Crippen molar-refractivity contribution in [2.75, 3.05) is 19.0 Å². The van der Waals surface area contributed by atoms with E-state index >= 15 is 0 Å². The summed E-state index contributed by atoms with van der Waals surface area (Å²) in [4.78, 5) is 16.6. The summed E-state index contributed by atoms with van der Waals surface area (Å²) in [5.41, 5.74) is 0.236. The highest BCUT2D eigenvalue weighted by molar-refractivity contribution is 8.02. The molecule has 1 atom stereocenters. The van der Waals surface area contributed by atoms with E-state index in [2.05, 4.69) is 11.8 Å². The van der Waals surface area contributed by atoms with Gasteiger partial charge in [0.05, 0.1) is 11.5 Å². The molecule has 0 aromatic carbocycles. The van der Waals surface area contributed by atoms with Crippen LogP contribution in [-0.2, 0) is 4.79 Å². The summed E-state index contributed by atoms with van der Waals surface area (Å²) in [7, 11) is 0. The van der Waals surface area contributed by atoms with Gasteiger partial charge in [-0.2, -0.15) is 0 Å². The van der Waals surface area contributed by atoms with E-state index in [4.69, 9.17) is 0 Å². The summed E-state index contributed by atoms with van der Waals surface area (Å²) in [6, 6.07) is 0.354. The van der Waals surface area contributed by atoms with Crippen LogP contribution >= 0.6 is 11.8 Å². The maximum Gasteiger partial charge on any atom is 0.270 e. The third kappa shape index (κ3) is 2.50. The molecule has 1 unspecified atom stereocenters. The predicted octanol–water partition coefficient (Wildman–Crippen LogP) is 1.76. The maximum absolute atomic E-state index is 12.6. The Morgan fingerprint density at radius 3 is 2.89 bits per heavy atom. The summed E-state index contributed by atoms with van der Waals surface area (Å²) < 4.78 is 0. The van der Waals surface area contributed by atoms with Crippen molar-refractivity contribution in [2.24, 2.45) is 0 Å². The third-order valence-electron chi connectivity index (χ3n) is 4.57. The lowest BCUT2D eigenvalue weighted by Gasteiger charge is -2.40. The average molecular weight is 282 g/mol. The number of rotatable bonds is 3. The fraction of sp³-hybridized carbons (Fsp3) is 0.786. The number of aliphatic hydroxyl groups is 1. The number of β-amino-alcohol motifs (C(OH)–C–C–N with tert-alkyl or cyclic N) is 1. The van der Waals surface area contributed by atoms with Crippen molar-refractivity contribution in [3.05, 3.63) is 11.1 Å². The molecule has 2 fully saturated rings. The fourth-order valence-electron chi connectivity index (χ4n) is 3.15. The number of amides is 1. The van der Waals surface area contributed by atoms with Crippen molar-refractivity contribution in [1.29, 1.82) is 0 Å². The van der Waals surface area contributed by atoms with Crippen LogP contribution in [0, 0.1) is 0 Å². The number of hydrogen-bond donors (Lipinski definition) is 1. The Bertz CT molecular complexity index is 406. The van der Waals surface area contributed by atoms with Gasteiger partial charge in [0.25, 0.3) is 5.91 Å². The van der Waals surface area contributed by atoms with Crippen LogP contribution in [0.3, 0.4) is 0 Å². The first-order valence-electron chi connectivity index (χ1n) is 7.19. The first-order chi connectivity index (χ1) is 9.09. The van der Waals surface area contributed by atoms with E-state index < -0.39 is 5.60 Å². The van der Waals surface area contributed by atoms with Crippen molar-refractivity contribution in [3.8, 4) is 0 Å². The van der Waals surface area contributed by atoms with Crippen molar-refractivity contribution in [3.63, 3.8) is 0 Å². The van der Waals surface area contributed by atoms with Crippen molar-refractivity contribution in [1.82, 2.24) is 9.80 Å². The Kier molecular flexibility index (Phi) is 3.52. The van der Waals surface area contributed by atoms with Gasteiger partial charge in [0.15, 0.2) is 0 Å². The monoisotopic (exact) mass is 282 g/mol. The van der Waals surface area contributed by atoms with Crippen LogP contribution < -0.4 is 0 Å². The second-order valence-corrected chi connectivity index (χ2v) is 6.89. The molecule has 0 aromatic heterocycles. The zero-order valence-electron chi connectivity index (χ0n) is 11.5. The van der Waals surface area contributed by atoms with Gasteiger partial charge in [0.2, 0.25) is 0 Å². The van der Waals surface area contributed by atoms with Crippen LogP contribution in [0.25, 0.3) is 0 Å². The number of likely N-dealkylation sites (tertiary alicyclic amines) is 1. The molecule has 2 heterocycles. The maximum atomic E-state index is 12.6. The van der Waals surface area contributed by atoms with E-state index in [1.807, 2.05) is 10.3 Å². The Balaban J connectivity index is 1.67. The highest BCUT2D eigenvalue weighted by atomic mass is 32.2. The molecule has 3 rings (SSSR count). The smallest absolute Gasteiger partial charge is 0.270 e. The molecule has 2 aliphatic heterocycles. The Hall–Kier alpha value is -0.680. The molecule has 0 bridgehead atoms. The molecule has 106 valence electrons. The van der Waals surface area contributed by atoms with E-state index in [0.29, 0.717) is 12.6 Å². The Morgan fingerprint density at radius 1 is 1.53 bits per heavy atom. The van der Waals surface area contributed by atoms with E-state index in [0.717, 1.165) is 50.2 Å². The summed E-state index contributed by atoms with van der Waals surface area (Å²) in [5, 5.41) is 12.3. The lowest BCUT2D eigenvalue weighted by atomic mass is 9.80. The first kappa shape index (κ1) is 13.3. The molecule has 0 spiro atoms. The SMILES string of the molecule is CC1CCCN1C(=O)C1=CSCN1CC1(O)CCC1. The molecule has 1 aliphatic carbocycles. The summed E-state index contributed by atoms with van der Waals surface area (Å²) in [5.74, 6) is 0.948. The predicted molar refractivity (Wildman–Crippen MR) is 76.5 cm³/mol. The van der Waals surface area contributed by atoms with Gasteiger partial charge in [-0.05, 0) is 39.0 Å². The minimum absolute atomic E-state index is 0.151. The highest BCUT2D eigenvalue weighted by Gasteiger charge is 2.39. The normalized spacial score (nSPS) is 29.4. The van der Waals surface area contributed by atoms with Crippen molar-refractivity contribution < 1.29 is 9.90 Å². The van der Waals surface area contributed by atoms with Gasteiger partial charge in [-0.1, -0.05) is 0 Å². The van der Waals surface area contributed by atoms with Crippen molar-refractivity contribution in [2.45, 2.75) is 50.7 Å². The van der Waals surface area contributed by atoms with Gasteiger partial charge in [-0.15, -0.1) is 11.8 Å². The van der Waals surface area contributed by atoms with Gasteiger partial charge in [0, 0.05) is 24.5 Å². The van der Waals surface area contributed by atoms with Gasteiger partial charge >= 0.3 is 0 Å². The van der Waals surface area contributed by atoms with E-state index in [-0.39, 0.29) is 5.91 Å². The molecule has 3 aliphatic rings. The molecule has 1 N–H and O–H groups in total. The van der Waals surface area contributed by atoms with E-state index in [1.165, 1.54) is 0 Å². The number of carbonyl (C=O) groups is 1. The zero-order chi connectivity index (χ0) is 13.5. The van der Waals surface area contributed by atoms with Crippen LogP contribution in [0.4, 0.5) is 0 Å². The average Bonchev–Trinajstić information content (AvgIpc) is 2.95. The highest BCUT2D eigenvalue weighted by Crippen LogP contribution is 2.36. The number of hydrogen-bond acceptors (Lipinski definition) is 4. The quantitative estimate of drug-likeness (QED) is 0.856. The fourth-order valence-corrected chi connectivity index (χ4v) is 4.04. The first-order valence-corrected chi connectivity index (χ1v) is 8.24. The molecule has 1 amide bonds. The number of nitrogens with zero attached hydrogens (tertiary/aromatic N) is 2. The van der Waals surface area contributed by atoms with Crippen LogP contribution in [0.1, 0.15) is 39.0 Å². The lowest BCUT2D eigenvalue weighted by Crippen LogP contribution is -2.49. The van der Waals surface area contributed by atoms with Crippen LogP contribution in [0.15, 0.2) is 11.1 Å². The van der Waals surface area contributed by atoms with E-state index in [9.17, 15) is 9.90 Å². The second-order valence-electron chi connectivity index (χ2n) is 6.06. The third-order valence-corrected chi connectivity index (χ3v) is 5.42. The molecular weight excluding hydrogens is 260 g/mol. The summed E-state index contributed by atoms with van der Waals surface area (Å²) in [6.45, 7) is 3.61. The summed E-state index contributed by atoms with van der Waals surface area (Å²) in [6.07, 6.45) is 5.06. The van der Waals surface area contributed by atoms with Crippen LogP contribution in [0.5, 0.6) is 0 Å².